The van der Waals surface area contributed by atoms with Crippen LogP contribution in [0, 0.1) is 10.1 Å². The molecule has 0 bridgehead atoms. The highest BCUT2D eigenvalue weighted by Gasteiger charge is 2.26. The first-order chi connectivity index (χ1) is 16.5. The second-order valence-electron chi connectivity index (χ2n) is 7.76. The van der Waals surface area contributed by atoms with E-state index in [-0.39, 0.29) is 29.5 Å². The summed E-state index contributed by atoms with van der Waals surface area (Å²) in [5.41, 5.74) is -0.0750. The first-order valence-electron chi connectivity index (χ1n) is 10.6. The second kappa shape index (κ2) is 11.1. The van der Waals surface area contributed by atoms with Gasteiger partial charge >= 0.3 is 11.7 Å². The van der Waals surface area contributed by atoms with Gasteiger partial charge in [-0.05, 0) is 38.1 Å². The van der Waals surface area contributed by atoms with Gasteiger partial charge in [-0.25, -0.2) is 9.78 Å². The van der Waals surface area contributed by atoms with Gasteiger partial charge in [-0.2, -0.15) is 9.78 Å². The maximum atomic E-state index is 13.3. The van der Waals surface area contributed by atoms with Crippen molar-refractivity contribution in [2.75, 3.05) is 6.61 Å². The number of hydrogen-bond donors (Lipinski definition) is 0. The molecule has 0 amide bonds. The average Bonchev–Trinajstić information content (AvgIpc) is 2.79. The van der Waals surface area contributed by atoms with Gasteiger partial charge in [-0.3, -0.25) is 14.9 Å². The van der Waals surface area contributed by atoms with Crippen molar-refractivity contribution >= 4 is 60.6 Å². The summed E-state index contributed by atoms with van der Waals surface area (Å²) in [5, 5.41) is 16.4. The molecule has 0 aliphatic carbocycles. The molecule has 0 spiro atoms. The van der Waals surface area contributed by atoms with Gasteiger partial charge in [-0.15, -0.1) is 0 Å². The van der Waals surface area contributed by atoms with Crippen LogP contribution in [0.1, 0.15) is 45.0 Å². The highest BCUT2D eigenvalue weighted by molar-refractivity contribution is 9.10. The first kappa shape index (κ1) is 26.5. The minimum Gasteiger partial charge on any atom is -0.471 e. The Hall–Kier alpha value is -3.12. The maximum absolute atomic E-state index is 13.3. The van der Waals surface area contributed by atoms with Crippen LogP contribution in [-0.2, 0) is 9.53 Å². The Labute approximate surface area is 217 Å². The standard InChI is InChI=1S/C23H22Br2N4O6/c1-5-34-23(31)13(4)35-20-14(8-16(25)10-19(20)29(32)33)11-26-28-21(12(2)3)27-18-7-6-15(24)9-17(18)22(28)30/h6-13H,5H2,1-4H3/t13-/m0/s1. The Morgan fingerprint density at radius 2 is 1.94 bits per heavy atom. The molecular weight excluding hydrogens is 588 g/mol. The number of fused-ring (bicyclic) bond motifs is 1. The number of hydrogen-bond acceptors (Lipinski definition) is 8. The van der Waals surface area contributed by atoms with Crippen molar-refractivity contribution in [1.29, 1.82) is 0 Å². The monoisotopic (exact) mass is 608 g/mol. The summed E-state index contributed by atoms with van der Waals surface area (Å²) < 4.78 is 12.9. The molecule has 1 atom stereocenters. The number of benzene rings is 2. The maximum Gasteiger partial charge on any atom is 0.347 e. The number of carbonyl (C=O) groups is 1. The number of aromatic nitrogens is 2. The van der Waals surface area contributed by atoms with Gasteiger partial charge in [0.2, 0.25) is 5.75 Å². The molecule has 0 N–H and O–H groups in total. The van der Waals surface area contributed by atoms with E-state index in [0.29, 0.717) is 25.7 Å². The van der Waals surface area contributed by atoms with E-state index < -0.39 is 22.6 Å². The number of nitrogens with zero attached hydrogens (tertiary/aromatic N) is 4. The van der Waals surface area contributed by atoms with E-state index in [0.717, 1.165) is 4.68 Å². The van der Waals surface area contributed by atoms with Crippen molar-refractivity contribution in [3.05, 3.63) is 71.1 Å². The zero-order valence-electron chi connectivity index (χ0n) is 19.3. The lowest BCUT2D eigenvalue weighted by atomic mass is 10.1. The lowest BCUT2D eigenvalue weighted by Gasteiger charge is -2.16. The first-order valence-corrected chi connectivity index (χ1v) is 12.2. The van der Waals surface area contributed by atoms with Gasteiger partial charge in [-0.1, -0.05) is 45.7 Å². The fraction of sp³-hybridized carbons (Fsp3) is 0.304. The van der Waals surface area contributed by atoms with Gasteiger partial charge in [0.05, 0.1) is 28.6 Å². The molecular formula is C23H22Br2N4O6. The molecule has 10 nitrogen and oxygen atoms in total. The molecule has 1 aromatic heterocycles. The van der Waals surface area contributed by atoms with Gasteiger partial charge in [0.15, 0.2) is 6.10 Å². The van der Waals surface area contributed by atoms with Crippen molar-refractivity contribution in [3.8, 4) is 5.75 Å². The number of carbonyl (C=O) groups excluding carboxylic acids is 1. The van der Waals surface area contributed by atoms with Crippen LogP contribution in [0.25, 0.3) is 10.9 Å². The van der Waals surface area contributed by atoms with Crippen molar-refractivity contribution in [3.63, 3.8) is 0 Å². The highest BCUT2D eigenvalue weighted by atomic mass is 79.9. The Kier molecular flexibility index (Phi) is 8.39. The summed E-state index contributed by atoms with van der Waals surface area (Å²) in [6, 6.07) is 7.98. The lowest BCUT2D eigenvalue weighted by Crippen LogP contribution is -2.27. The van der Waals surface area contributed by atoms with Crippen LogP contribution in [0.4, 0.5) is 5.69 Å². The zero-order valence-corrected chi connectivity index (χ0v) is 22.5. The van der Waals surface area contributed by atoms with Crippen molar-refractivity contribution in [2.45, 2.75) is 39.7 Å². The summed E-state index contributed by atoms with van der Waals surface area (Å²) in [5.74, 6) is -0.592. The number of nitro groups is 1. The molecule has 0 aliphatic heterocycles. The fourth-order valence-electron chi connectivity index (χ4n) is 3.22. The third-order valence-corrected chi connectivity index (χ3v) is 5.79. The molecule has 3 rings (SSSR count). The second-order valence-corrected chi connectivity index (χ2v) is 9.59. The zero-order chi connectivity index (χ0) is 25.9. The van der Waals surface area contributed by atoms with Gasteiger partial charge in [0.1, 0.15) is 5.82 Å². The fourth-order valence-corrected chi connectivity index (χ4v) is 4.04. The summed E-state index contributed by atoms with van der Waals surface area (Å²) >= 11 is 6.62. The smallest absolute Gasteiger partial charge is 0.347 e. The lowest BCUT2D eigenvalue weighted by molar-refractivity contribution is -0.386. The number of halogens is 2. The van der Waals surface area contributed by atoms with E-state index in [4.69, 9.17) is 9.47 Å². The molecule has 0 fully saturated rings. The van der Waals surface area contributed by atoms with E-state index >= 15 is 0 Å². The van der Waals surface area contributed by atoms with E-state index in [1.54, 1.807) is 25.1 Å². The van der Waals surface area contributed by atoms with Crippen LogP contribution < -0.4 is 10.3 Å². The van der Waals surface area contributed by atoms with Crippen molar-refractivity contribution < 1.29 is 19.2 Å². The molecule has 0 saturated heterocycles. The molecule has 1 heterocycles. The number of esters is 1. The van der Waals surface area contributed by atoms with Crippen LogP contribution in [0.15, 0.2) is 49.2 Å². The largest absolute Gasteiger partial charge is 0.471 e. The molecule has 3 aromatic rings. The van der Waals surface area contributed by atoms with E-state index in [9.17, 15) is 19.7 Å². The number of ether oxygens (including phenoxy) is 2. The molecule has 2 aromatic carbocycles. The van der Waals surface area contributed by atoms with Crippen molar-refractivity contribution in [2.24, 2.45) is 5.10 Å². The van der Waals surface area contributed by atoms with Crippen LogP contribution in [0.2, 0.25) is 0 Å². The molecule has 12 heteroatoms. The predicted molar refractivity (Wildman–Crippen MR) is 138 cm³/mol. The molecule has 0 saturated carbocycles. The molecule has 0 unspecified atom stereocenters. The van der Waals surface area contributed by atoms with E-state index in [1.165, 1.54) is 25.3 Å². The summed E-state index contributed by atoms with van der Waals surface area (Å²) in [4.78, 5) is 41.0. The Bertz CT molecular complexity index is 1390. The number of nitro benzene ring substituents is 1. The van der Waals surface area contributed by atoms with Gasteiger partial charge in [0.25, 0.3) is 5.56 Å². The van der Waals surface area contributed by atoms with E-state index in [2.05, 4.69) is 41.9 Å². The van der Waals surface area contributed by atoms with Gasteiger partial charge < -0.3 is 9.47 Å². The summed E-state index contributed by atoms with van der Waals surface area (Å²) in [7, 11) is 0. The molecule has 184 valence electrons. The SMILES string of the molecule is CCOC(=O)[C@H](C)Oc1c(C=Nn2c(C(C)C)nc3ccc(Br)cc3c2=O)cc(Br)cc1[N+](=O)[O-]. The van der Waals surface area contributed by atoms with Crippen LogP contribution in [-0.4, -0.2) is 39.5 Å². The summed E-state index contributed by atoms with van der Waals surface area (Å²) in [6.45, 7) is 6.95. The Morgan fingerprint density at radius 3 is 2.57 bits per heavy atom. The Morgan fingerprint density at radius 1 is 1.23 bits per heavy atom. The molecule has 0 radical (unpaired) electrons. The minimum atomic E-state index is -1.12. The topological polar surface area (TPSA) is 126 Å². The molecule has 0 aliphatic rings. The Balaban J connectivity index is 2.19. The third-order valence-electron chi connectivity index (χ3n) is 4.83. The van der Waals surface area contributed by atoms with Gasteiger partial charge in [0, 0.05) is 26.5 Å². The quantitative estimate of drug-likeness (QED) is 0.149. The average molecular weight is 610 g/mol. The van der Waals surface area contributed by atoms with E-state index in [1.807, 2.05) is 13.8 Å². The minimum absolute atomic E-state index is 0.134. The summed E-state index contributed by atoms with van der Waals surface area (Å²) in [6.07, 6.45) is 0.152. The predicted octanol–water partition coefficient (Wildman–Crippen LogP) is 5.17. The van der Waals surface area contributed by atoms with Crippen LogP contribution in [0.5, 0.6) is 5.75 Å². The third kappa shape index (κ3) is 5.93. The number of rotatable bonds is 8. The van der Waals surface area contributed by atoms with Crippen molar-refractivity contribution in [1.82, 2.24) is 9.66 Å². The molecule has 35 heavy (non-hydrogen) atoms. The van der Waals surface area contributed by atoms with Crippen LogP contribution >= 0.6 is 31.9 Å². The highest BCUT2D eigenvalue weighted by Crippen LogP contribution is 2.35. The normalized spacial score (nSPS) is 12.3. The van der Waals surface area contributed by atoms with Crippen LogP contribution in [0.3, 0.4) is 0 Å².